The predicted molar refractivity (Wildman–Crippen MR) is 135 cm³/mol. The van der Waals surface area contributed by atoms with E-state index in [4.69, 9.17) is 0 Å². The molecule has 0 aromatic heterocycles. The van der Waals surface area contributed by atoms with Crippen molar-refractivity contribution < 1.29 is 15.0 Å². The molecule has 4 rings (SSSR count). The Hall–Kier alpha value is -0.670. The number of aliphatic hydroxyl groups excluding tert-OH is 1. The Morgan fingerprint density at radius 1 is 1.00 bits per heavy atom. The number of aliphatic hydroxyl groups is 2. The molecular weight excluding hydrogens is 408 g/mol. The Morgan fingerprint density at radius 3 is 2.27 bits per heavy atom. The predicted octanol–water partition coefficient (Wildman–Crippen LogP) is 6.71. The second kappa shape index (κ2) is 7.92. The van der Waals surface area contributed by atoms with Crippen LogP contribution < -0.4 is 0 Å². The van der Waals surface area contributed by atoms with Gasteiger partial charge in [-0.3, -0.25) is 4.79 Å². The summed E-state index contributed by atoms with van der Waals surface area (Å²) in [5, 5.41) is 20.5. The molecule has 3 nitrogen and oxygen atoms in total. The molecule has 4 saturated carbocycles. The Kier molecular flexibility index (Phi) is 6.10. The number of fused-ring (bicyclic) bond motifs is 5. The van der Waals surface area contributed by atoms with E-state index in [1.165, 1.54) is 44.1 Å². The van der Waals surface area contributed by atoms with Crippen LogP contribution >= 0.6 is 0 Å². The fourth-order valence-electron chi connectivity index (χ4n) is 9.89. The van der Waals surface area contributed by atoms with Crippen LogP contribution in [0.5, 0.6) is 0 Å². The molecule has 4 fully saturated rings. The van der Waals surface area contributed by atoms with Crippen LogP contribution in [0.2, 0.25) is 0 Å². The molecule has 0 unspecified atom stereocenters. The van der Waals surface area contributed by atoms with E-state index in [9.17, 15) is 15.0 Å². The Bertz CT molecular complexity index is 806. The summed E-state index contributed by atoms with van der Waals surface area (Å²) in [6.07, 6.45) is 9.99. The number of Topliss-reactive ketones (excluding diaryl/α,β-unsaturated/α-hetero) is 1. The van der Waals surface area contributed by atoms with Gasteiger partial charge in [0.05, 0.1) is 11.7 Å². The topological polar surface area (TPSA) is 57.5 Å². The highest BCUT2D eigenvalue weighted by atomic mass is 16.3. The minimum atomic E-state index is -1.06. The molecule has 0 bridgehead atoms. The van der Waals surface area contributed by atoms with E-state index >= 15 is 0 Å². The summed E-state index contributed by atoms with van der Waals surface area (Å²) in [4.78, 5) is 12.8. The third-order valence-electron chi connectivity index (χ3n) is 12.2. The summed E-state index contributed by atoms with van der Waals surface area (Å²) in [5.74, 6) is 2.90. The fraction of sp³-hybridized carbons (Fsp3) is 0.900. The number of carbonyl (C=O) groups is 1. The zero-order valence-electron chi connectivity index (χ0n) is 22.5. The molecule has 0 aliphatic heterocycles. The summed E-state index contributed by atoms with van der Waals surface area (Å²) in [6.45, 7) is 20.1. The fourth-order valence-corrected chi connectivity index (χ4v) is 9.89. The lowest BCUT2D eigenvalue weighted by Crippen LogP contribution is -2.63. The lowest BCUT2D eigenvalue weighted by molar-refractivity contribution is -0.201. The lowest BCUT2D eigenvalue weighted by atomic mass is 9.35. The van der Waals surface area contributed by atoms with Gasteiger partial charge in [0.15, 0.2) is 0 Å². The average molecular weight is 459 g/mol. The van der Waals surface area contributed by atoms with Crippen molar-refractivity contribution in [3.63, 3.8) is 0 Å². The molecule has 188 valence electrons. The first-order chi connectivity index (χ1) is 15.1. The minimum Gasteiger partial charge on any atom is -0.390 e. The number of ketones is 1. The summed E-state index contributed by atoms with van der Waals surface area (Å²) < 4.78 is 0. The van der Waals surface area contributed by atoms with E-state index in [2.05, 4.69) is 41.2 Å². The van der Waals surface area contributed by atoms with Crippen molar-refractivity contribution in [3.8, 4) is 0 Å². The molecule has 8 atom stereocenters. The summed E-state index contributed by atoms with van der Waals surface area (Å²) in [6, 6.07) is 0. The van der Waals surface area contributed by atoms with E-state index < -0.39 is 11.7 Å². The normalized spacial score (nSPS) is 45.7. The third kappa shape index (κ3) is 3.62. The average Bonchev–Trinajstić information content (AvgIpc) is 3.07. The largest absolute Gasteiger partial charge is 0.390 e. The Balaban J connectivity index is 1.55. The number of carbonyl (C=O) groups excluding carboxylic acids is 1. The monoisotopic (exact) mass is 458 g/mol. The van der Waals surface area contributed by atoms with Crippen LogP contribution in [0.3, 0.4) is 0 Å². The highest BCUT2D eigenvalue weighted by molar-refractivity contribution is 5.85. The van der Waals surface area contributed by atoms with Crippen molar-refractivity contribution in [2.75, 3.05) is 0 Å². The molecule has 0 amide bonds. The van der Waals surface area contributed by atoms with Crippen molar-refractivity contribution >= 4 is 5.78 Å². The molecular formula is C30H50O3. The van der Waals surface area contributed by atoms with Gasteiger partial charge in [-0.05, 0) is 112 Å². The van der Waals surface area contributed by atoms with Gasteiger partial charge in [0.25, 0.3) is 0 Å². The first-order valence-corrected chi connectivity index (χ1v) is 13.7. The van der Waals surface area contributed by atoms with Crippen molar-refractivity contribution in [2.45, 2.75) is 124 Å². The van der Waals surface area contributed by atoms with Crippen LogP contribution in [0.25, 0.3) is 0 Å². The summed E-state index contributed by atoms with van der Waals surface area (Å²) in [7, 11) is 0. The van der Waals surface area contributed by atoms with Crippen molar-refractivity contribution in [2.24, 2.45) is 45.3 Å². The molecule has 0 spiro atoms. The van der Waals surface area contributed by atoms with Gasteiger partial charge in [-0.2, -0.15) is 0 Å². The van der Waals surface area contributed by atoms with Crippen LogP contribution in [0.4, 0.5) is 0 Å². The van der Waals surface area contributed by atoms with Crippen LogP contribution in [-0.2, 0) is 4.79 Å². The van der Waals surface area contributed by atoms with Gasteiger partial charge >= 0.3 is 0 Å². The van der Waals surface area contributed by atoms with Crippen LogP contribution in [0.15, 0.2) is 12.2 Å². The summed E-state index contributed by atoms with van der Waals surface area (Å²) in [5.41, 5.74) is 0.958. The maximum atomic E-state index is 12.8. The smallest absolute Gasteiger partial charge is 0.138 e. The van der Waals surface area contributed by atoms with E-state index in [0.29, 0.717) is 46.7 Å². The Morgan fingerprint density at radius 2 is 1.64 bits per heavy atom. The van der Waals surface area contributed by atoms with E-state index in [0.717, 1.165) is 19.3 Å². The van der Waals surface area contributed by atoms with Gasteiger partial charge < -0.3 is 10.2 Å². The number of rotatable bonds is 5. The van der Waals surface area contributed by atoms with Gasteiger partial charge in [-0.1, -0.05) is 46.8 Å². The first kappa shape index (κ1) is 25.4. The highest BCUT2D eigenvalue weighted by Crippen LogP contribution is 2.75. The van der Waals surface area contributed by atoms with Crippen molar-refractivity contribution in [1.29, 1.82) is 0 Å². The Labute approximate surface area is 202 Å². The van der Waals surface area contributed by atoms with Gasteiger partial charge in [0, 0.05) is 11.8 Å². The second-order valence-electron chi connectivity index (χ2n) is 14.3. The zero-order valence-corrected chi connectivity index (χ0v) is 22.5. The van der Waals surface area contributed by atoms with Crippen molar-refractivity contribution in [1.82, 2.24) is 0 Å². The molecule has 4 aliphatic rings. The maximum Gasteiger partial charge on any atom is 0.138 e. The second-order valence-corrected chi connectivity index (χ2v) is 14.3. The molecule has 33 heavy (non-hydrogen) atoms. The number of hydrogen-bond donors (Lipinski definition) is 2. The SMILES string of the molecule is C=C(CC[C@H](O)C(C)(C)O)[C@H]1CC[C@@]2(C)[C@@H]1CC[C@@H]1[C@@]3(C)CCC(=O)C(C)(C)[C@@H]3CC[C@]12C. The molecule has 2 N–H and O–H groups in total. The van der Waals surface area contributed by atoms with Gasteiger partial charge in [-0.25, -0.2) is 0 Å². The van der Waals surface area contributed by atoms with E-state index in [-0.39, 0.29) is 10.8 Å². The zero-order chi connectivity index (χ0) is 24.6. The van der Waals surface area contributed by atoms with Crippen LogP contribution in [0, 0.1) is 45.3 Å². The van der Waals surface area contributed by atoms with E-state index in [1.807, 2.05) is 0 Å². The molecule has 4 aliphatic carbocycles. The first-order valence-electron chi connectivity index (χ1n) is 13.7. The van der Waals surface area contributed by atoms with Gasteiger partial charge in [0.2, 0.25) is 0 Å². The third-order valence-corrected chi connectivity index (χ3v) is 12.2. The molecule has 0 heterocycles. The van der Waals surface area contributed by atoms with Gasteiger partial charge in [-0.15, -0.1) is 0 Å². The molecule has 0 saturated heterocycles. The standard InChI is InChI=1S/C30H50O3/c1-19(9-12-25(32)27(4,5)33)20-13-17-29(7)21(20)10-11-23-28(6)16-15-24(31)26(2,3)22(28)14-18-30(23,29)8/h20-23,25,32-33H,1,9-18H2,2-8H3/t20-,21-,22+,23-,25+,28+,29+,30-/m1/s1. The van der Waals surface area contributed by atoms with Crippen LogP contribution in [-0.4, -0.2) is 27.7 Å². The quantitative estimate of drug-likeness (QED) is 0.450. The maximum absolute atomic E-state index is 12.8. The van der Waals surface area contributed by atoms with Crippen LogP contribution in [0.1, 0.15) is 113 Å². The van der Waals surface area contributed by atoms with E-state index in [1.54, 1.807) is 13.8 Å². The number of hydrogen-bond acceptors (Lipinski definition) is 3. The lowest BCUT2D eigenvalue weighted by Gasteiger charge is -2.69. The summed E-state index contributed by atoms with van der Waals surface area (Å²) >= 11 is 0. The molecule has 0 aromatic carbocycles. The van der Waals surface area contributed by atoms with Crippen molar-refractivity contribution in [3.05, 3.63) is 12.2 Å². The number of allylic oxidation sites excluding steroid dienone is 1. The molecule has 0 radical (unpaired) electrons. The van der Waals surface area contributed by atoms with Gasteiger partial charge in [0.1, 0.15) is 5.78 Å². The highest BCUT2D eigenvalue weighted by Gasteiger charge is 2.68. The minimum absolute atomic E-state index is 0.181. The molecule has 0 aromatic rings. The molecule has 3 heteroatoms.